The van der Waals surface area contributed by atoms with Crippen LogP contribution < -0.4 is 9.64 Å². The highest BCUT2D eigenvalue weighted by atomic mass is 16.5. The van der Waals surface area contributed by atoms with Gasteiger partial charge in [0, 0.05) is 49.5 Å². The molecule has 0 N–H and O–H groups in total. The summed E-state index contributed by atoms with van der Waals surface area (Å²) in [5, 5.41) is 1.23. The normalized spacial score (nSPS) is 17.5. The second-order valence-corrected chi connectivity index (χ2v) is 11.2. The molecule has 0 amide bonds. The number of rotatable bonds is 6. The fraction of sp³-hybridized carbons (Fsp3) is 0.406. The van der Waals surface area contributed by atoms with Crippen molar-refractivity contribution >= 4 is 22.6 Å². The van der Waals surface area contributed by atoms with Crippen LogP contribution >= 0.6 is 0 Å². The van der Waals surface area contributed by atoms with Crippen LogP contribution in [-0.4, -0.2) is 64.2 Å². The molecular formula is C32H35N5O3. The number of hydrogen-bond acceptors (Lipinski definition) is 7. The number of ether oxygens (including phenoxy) is 2. The molecule has 206 valence electrons. The maximum atomic E-state index is 12.8. The zero-order valence-corrected chi connectivity index (χ0v) is 23.0. The molecule has 7 rings (SSSR count). The summed E-state index contributed by atoms with van der Waals surface area (Å²) in [6, 6.07) is 17.0. The Morgan fingerprint density at radius 3 is 2.65 bits per heavy atom. The molecule has 0 atom stereocenters. The van der Waals surface area contributed by atoms with E-state index < -0.39 is 0 Å². The lowest BCUT2D eigenvalue weighted by molar-refractivity contribution is 0.0308. The predicted octanol–water partition coefficient (Wildman–Crippen LogP) is 5.09. The molecule has 1 aliphatic carbocycles. The van der Waals surface area contributed by atoms with Crippen molar-refractivity contribution in [1.82, 2.24) is 19.4 Å². The largest absolute Gasteiger partial charge is 0.485 e. The van der Waals surface area contributed by atoms with Gasteiger partial charge in [-0.25, -0.2) is 9.78 Å². The number of benzene rings is 2. The summed E-state index contributed by atoms with van der Waals surface area (Å²) in [6.07, 6.45) is 6.78. The van der Waals surface area contributed by atoms with Crippen LogP contribution in [-0.2, 0) is 17.8 Å². The minimum Gasteiger partial charge on any atom is -0.485 e. The number of carbonyl (C=O) groups excluding carboxylic acids is 1. The molecule has 0 unspecified atom stereocenters. The lowest BCUT2D eigenvalue weighted by Crippen LogP contribution is -2.47. The standard InChI is InChI=1S/C32H35N5O3/c1-22-12-13-25-26(34-22)9-5-10-27(25)36-18-16-35(17-19-36)15-14-23-6-4-11-28-31(23)39-20-29-30(33-21-37(28)29)32(38)40-24-7-2-3-8-24/h4-6,9-13,21,24H,2-3,7-8,14-20H2,1H3. The number of esters is 1. The Bertz CT molecular complexity index is 1550. The van der Waals surface area contributed by atoms with E-state index in [1.54, 1.807) is 6.33 Å². The van der Waals surface area contributed by atoms with Gasteiger partial charge < -0.3 is 14.4 Å². The van der Waals surface area contributed by atoms with E-state index in [2.05, 4.69) is 57.2 Å². The molecule has 2 aromatic carbocycles. The topological polar surface area (TPSA) is 72.7 Å². The van der Waals surface area contributed by atoms with Crippen LogP contribution in [0.4, 0.5) is 5.69 Å². The summed E-state index contributed by atoms with van der Waals surface area (Å²) in [5.41, 5.74) is 6.65. The van der Waals surface area contributed by atoms with Gasteiger partial charge in [0.15, 0.2) is 5.69 Å². The molecule has 3 aliphatic rings. The van der Waals surface area contributed by atoms with Gasteiger partial charge in [-0.1, -0.05) is 18.2 Å². The van der Waals surface area contributed by atoms with Gasteiger partial charge >= 0.3 is 5.97 Å². The van der Waals surface area contributed by atoms with Crippen LogP contribution in [0.15, 0.2) is 54.9 Å². The van der Waals surface area contributed by atoms with Crippen molar-refractivity contribution in [3.05, 3.63) is 77.5 Å². The van der Waals surface area contributed by atoms with Gasteiger partial charge in [0.25, 0.3) is 0 Å². The third-order valence-electron chi connectivity index (χ3n) is 8.58. The first-order valence-electron chi connectivity index (χ1n) is 14.5. The fourth-order valence-electron chi connectivity index (χ4n) is 6.38. The minimum absolute atomic E-state index is 0.0171. The van der Waals surface area contributed by atoms with Crippen LogP contribution in [0.2, 0.25) is 0 Å². The summed E-state index contributed by atoms with van der Waals surface area (Å²) in [7, 11) is 0. The van der Waals surface area contributed by atoms with E-state index in [-0.39, 0.29) is 12.1 Å². The average molecular weight is 538 g/mol. The smallest absolute Gasteiger partial charge is 0.359 e. The monoisotopic (exact) mass is 537 g/mol. The maximum absolute atomic E-state index is 12.8. The number of nitrogens with zero attached hydrogens (tertiary/aromatic N) is 5. The van der Waals surface area contributed by atoms with Gasteiger partial charge in [-0.2, -0.15) is 0 Å². The van der Waals surface area contributed by atoms with Gasteiger partial charge in [0.1, 0.15) is 24.8 Å². The number of imidazole rings is 1. The zero-order chi connectivity index (χ0) is 27.1. The summed E-state index contributed by atoms with van der Waals surface area (Å²) in [5.74, 6) is 0.554. The molecule has 40 heavy (non-hydrogen) atoms. The Labute approximate surface area is 234 Å². The van der Waals surface area contributed by atoms with Crippen molar-refractivity contribution in [3.63, 3.8) is 0 Å². The number of aryl methyl sites for hydroxylation is 1. The third-order valence-corrected chi connectivity index (χ3v) is 8.58. The van der Waals surface area contributed by atoms with Crippen molar-refractivity contribution < 1.29 is 14.3 Å². The van der Waals surface area contributed by atoms with Gasteiger partial charge in [0.2, 0.25) is 0 Å². The quantitative estimate of drug-likeness (QED) is 0.318. The summed E-state index contributed by atoms with van der Waals surface area (Å²) < 4.78 is 14.0. The second kappa shape index (κ2) is 10.6. The van der Waals surface area contributed by atoms with Crippen molar-refractivity contribution in [2.75, 3.05) is 37.6 Å². The van der Waals surface area contributed by atoms with Crippen molar-refractivity contribution in [3.8, 4) is 11.4 Å². The molecule has 1 saturated carbocycles. The van der Waals surface area contributed by atoms with Crippen molar-refractivity contribution in [2.45, 2.75) is 51.7 Å². The van der Waals surface area contributed by atoms with Crippen molar-refractivity contribution in [1.29, 1.82) is 0 Å². The van der Waals surface area contributed by atoms with Gasteiger partial charge in [-0.05, 0) is 74.9 Å². The number of pyridine rings is 1. The Morgan fingerprint density at radius 2 is 1.80 bits per heavy atom. The maximum Gasteiger partial charge on any atom is 0.359 e. The van der Waals surface area contributed by atoms with Gasteiger partial charge in [0.05, 0.1) is 16.9 Å². The molecule has 1 saturated heterocycles. The Hall–Kier alpha value is -3.91. The van der Waals surface area contributed by atoms with Crippen LogP contribution in [0.3, 0.4) is 0 Å². The Morgan fingerprint density at radius 1 is 1.00 bits per heavy atom. The van der Waals surface area contributed by atoms with Crippen LogP contribution in [0.25, 0.3) is 16.6 Å². The van der Waals surface area contributed by atoms with E-state index in [4.69, 9.17) is 14.5 Å². The molecule has 4 aromatic rings. The van der Waals surface area contributed by atoms with E-state index in [1.165, 1.54) is 16.6 Å². The lowest BCUT2D eigenvalue weighted by Gasteiger charge is -2.36. The molecule has 0 spiro atoms. The predicted molar refractivity (Wildman–Crippen MR) is 154 cm³/mol. The molecule has 2 fully saturated rings. The van der Waals surface area contributed by atoms with Gasteiger partial charge in [-0.15, -0.1) is 0 Å². The number of piperazine rings is 1. The minimum atomic E-state index is -0.335. The molecule has 0 bridgehead atoms. The number of hydrogen-bond donors (Lipinski definition) is 0. The van der Waals surface area contributed by atoms with E-state index in [1.807, 2.05) is 17.6 Å². The molecular weight excluding hydrogens is 502 g/mol. The van der Waals surface area contributed by atoms with E-state index in [0.717, 1.165) is 93.2 Å². The summed E-state index contributed by atoms with van der Waals surface area (Å²) in [4.78, 5) is 27.0. The van der Waals surface area contributed by atoms with Crippen LogP contribution in [0.1, 0.15) is 53.1 Å². The van der Waals surface area contributed by atoms with Crippen LogP contribution in [0, 0.1) is 6.92 Å². The first-order chi connectivity index (χ1) is 19.6. The third kappa shape index (κ3) is 4.70. The van der Waals surface area contributed by atoms with E-state index in [9.17, 15) is 4.79 Å². The zero-order valence-electron chi connectivity index (χ0n) is 23.0. The molecule has 8 nitrogen and oxygen atoms in total. The summed E-state index contributed by atoms with van der Waals surface area (Å²) in [6.45, 7) is 7.35. The first kappa shape index (κ1) is 25.1. The van der Waals surface area contributed by atoms with Gasteiger partial charge in [-0.3, -0.25) is 14.5 Å². The number of aromatic nitrogens is 3. The second-order valence-electron chi connectivity index (χ2n) is 11.2. The molecule has 0 radical (unpaired) electrons. The highest BCUT2D eigenvalue weighted by Gasteiger charge is 2.29. The first-order valence-corrected chi connectivity index (χ1v) is 14.5. The number of carbonyl (C=O) groups is 1. The summed E-state index contributed by atoms with van der Waals surface area (Å²) >= 11 is 0. The number of fused-ring (bicyclic) bond motifs is 4. The lowest BCUT2D eigenvalue weighted by atomic mass is 10.1. The SMILES string of the molecule is Cc1ccc2c(N3CCN(CCc4cccc5c4OCc4c(C(=O)OC6CCCC6)ncn4-5)CC3)cccc2n1. The highest BCUT2D eigenvalue weighted by Crippen LogP contribution is 2.35. The number of anilines is 1. The number of para-hydroxylation sites is 1. The molecule has 8 heteroatoms. The fourth-order valence-corrected chi connectivity index (χ4v) is 6.38. The molecule has 2 aliphatic heterocycles. The van der Waals surface area contributed by atoms with Crippen LogP contribution in [0.5, 0.6) is 5.75 Å². The Kier molecular flexibility index (Phi) is 6.63. The van der Waals surface area contributed by atoms with E-state index >= 15 is 0 Å². The van der Waals surface area contributed by atoms with E-state index in [0.29, 0.717) is 12.3 Å². The highest BCUT2D eigenvalue weighted by molar-refractivity contribution is 5.92. The molecule has 2 aromatic heterocycles. The average Bonchev–Trinajstić information content (AvgIpc) is 3.66. The van der Waals surface area contributed by atoms with Crippen molar-refractivity contribution in [2.24, 2.45) is 0 Å². The Balaban J connectivity index is 1.01. The molecule has 4 heterocycles.